The van der Waals surface area contributed by atoms with Gasteiger partial charge in [0.1, 0.15) is 152 Å². The highest BCUT2D eigenvalue weighted by molar-refractivity contribution is 7.99. The molecular weight excluding hydrogens is 1260 g/mol. The van der Waals surface area contributed by atoms with Crippen molar-refractivity contribution in [3.8, 4) is 0 Å². The molecule has 21 aliphatic rings. The van der Waals surface area contributed by atoms with E-state index in [1.807, 2.05) is 0 Å². The van der Waals surface area contributed by atoms with Crippen molar-refractivity contribution in [3.05, 3.63) is 0 Å². The number of thioether (sulfide) groups is 2. The van der Waals surface area contributed by atoms with Crippen LogP contribution in [-0.4, -0.2) is 396 Å². The summed E-state index contributed by atoms with van der Waals surface area (Å²) >= 11 is 1.66. The number of rotatable bonds is 15. The van der Waals surface area contributed by atoms with Gasteiger partial charge in [0.05, 0.1) is 63.6 Å². The fraction of sp³-hybridized carbons (Fsp3) is 0.959. The summed E-state index contributed by atoms with van der Waals surface area (Å²) in [6, 6.07) is -2.90. The third kappa shape index (κ3) is 15.9. The first-order chi connectivity index (χ1) is 42.2. The zero-order chi connectivity index (χ0) is 65.2. The Hall–Kier alpha value is -1.72. The summed E-state index contributed by atoms with van der Waals surface area (Å²) in [5, 5.41) is 234. The lowest BCUT2D eigenvalue weighted by Crippen LogP contribution is -2.68. The SMILES string of the molecule is N[C@H](CSCC1O[C@@H]2O[C@@H]3C(CO)O[C@@H](O[C@@H]4C(CO)O[C@@H](O[C@@H]5C(CSC[C@@H](N)C(=O)O)O[C@@H](C[C@@H]6C(CO)O[C@H](O[C@@H]7C(CO)O[C@H](O[C@@H]8C(CO)O[C@H](O[C@H]1[C@H](O)C2O)C(O)[C@H]8O)C(O)[C@H]7O)C(O)[C@H]6O)C(O)[C@H]5O)C(O)[C@H]4O)C(O)[C@H]3O)C(=O)O. The molecule has 0 spiro atoms. The summed E-state index contributed by atoms with van der Waals surface area (Å²) in [4.78, 5) is 23.2. The average molecular weight is 1340 g/mol. The Balaban J connectivity index is 1.11. The molecule has 89 heavy (non-hydrogen) atoms. The number of carboxylic acid groups (broad SMARTS) is 2. The summed E-state index contributed by atoms with van der Waals surface area (Å²) < 4.78 is 76.4. The zero-order valence-electron chi connectivity index (χ0n) is 46.9. The molecule has 37 atom stereocenters. The summed E-state index contributed by atoms with van der Waals surface area (Å²) in [7, 11) is 0. The molecular formula is C49H82N2O36S2. The molecule has 21 rings (SSSR count). The van der Waals surface area contributed by atoms with Crippen LogP contribution < -0.4 is 11.5 Å². The van der Waals surface area contributed by atoms with Crippen LogP contribution in [0.15, 0.2) is 0 Å². The van der Waals surface area contributed by atoms with Gasteiger partial charge >= 0.3 is 11.9 Å². The van der Waals surface area contributed by atoms with E-state index in [4.69, 9.17) is 73.0 Å². The molecule has 21 saturated heterocycles. The molecule has 0 saturated carbocycles. The molecule has 14 unspecified atom stereocenters. The van der Waals surface area contributed by atoms with Crippen LogP contribution in [-0.2, 0) is 71.2 Å². The first-order valence-electron chi connectivity index (χ1n) is 28.4. The van der Waals surface area contributed by atoms with Gasteiger partial charge in [0, 0.05) is 28.9 Å². The van der Waals surface area contributed by atoms with Crippen LogP contribution in [0.5, 0.6) is 0 Å². The smallest absolute Gasteiger partial charge is 0.321 e. The van der Waals surface area contributed by atoms with E-state index < -0.39 is 278 Å². The van der Waals surface area contributed by atoms with Gasteiger partial charge in [-0.25, -0.2) is 0 Å². The number of hydrogen-bond donors (Lipinski definition) is 23. The quantitative estimate of drug-likeness (QED) is 0.0724. The Morgan fingerprint density at radius 2 is 0.562 bits per heavy atom. The van der Waals surface area contributed by atoms with Gasteiger partial charge in [-0.3, -0.25) is 9.59 Å². The maximum Gasteiger partial charge on any atom is 0.321 e. The van der Waals surface area contributed by atoms with E-state index in [2.05, 4.69) is 0 Å². The van der Waals surface area contributed by atoms with Gasteiger partial charge in [-0.2, -0.15) is 23.5 Å². The van der Waals surface area contributed by atoms with Gasteiger partial charge in [0.25, 0.3) is 0 Å². The molecule has 0 amide bonds. The van der Waals surface area contributed by atoms with Crippen molar-refractivity contribution in [2.75, 3.05) is 56.0 Å². The van der Waals surface area contributed by atoms with Crippen LogP contribution in [0.2, 0.25) is 0 Å². The number of aliphatic carboxylic acids is 2. The minimum atomic E-state index is -2.25. The van der Waals surface area contributed by atoms with Crippen molar-refractivity contribution in [1.29, 1.82) is 0 Å². The molecule has 0 radical (unpaired) electrons. The van der Waals surface area contributed by atoms with E-state index in [9.17, 15) is 117 Å². The van der Waals surface area contributed by atoms with Gasteiger partial charge in [-0.1, -0.05) is 0 Å². The van der Waals surface area contributed by atoms with E-state index >= 15 is 0 Å². The number of hydrogen-bond acceptors (Lipinski definition) is 38. The second kappa shape index (κ2) is 31.9. The lowest BCUT2D eigenvalue weighted by atomic mass is 9.81. The zero-order valence-corrected chi connectivity index (χ0v) is 48.6. The van der Waals surface area contributed by atoms with Crippen molar-refractivity contribution in [3.63, 3.8) is 0 Å². The molecule has 38 nitrogen and oxygen atoms in total. The molecule has 21 aliphatic heterocycles. The van der Waals surface area contributed by atoms with Crippen LogP contribution in [0.25, 0.3) is 0 Å². The molecule has 0 aromatic heterocycles. The summed E-state index contributed by atoms with van der Waals surface area (Å²) in [5.41, 5.74) is 11.4. The second-order valence-electron chi connectivity index (χ2n) is 22.7. The fourth-order valence-electron chi connectivity index (χ4n) is 11.7. The highest BCUT2D eigenvalue weighted by Gasteiger charge is 2.59. The third-order valence-electron chi connectivity index (χ3n) is 16.8. The average Bonchev–Trinajstić information content (AvgIpc) is 0.983. The summed E-state index contributed by atoms with van der Waals surface area (Å²) in [5.74, 6) is -5.53. The van der Waals surface area contributed by atoms with Crippen molar-refractivity contribution >= 4 is 35.5 Å². The predicted molar refractivity (Wildman–Crippen MR) is 283 cm³/mol. The summed E-state index contributed by atoms with van der Waals surface area (Å²) in [6.45, 7) is -5.24. The Morgan fingerprint density at radius 3 is 0.843 bits per heavy atom. The van der Waals surface area contributed by atoms with Gasteiger partial charge in [0.2, 0.25) is 0 Å². The maximum atomic E-state index is 11.8. The van der Waals surface area contributed by atoms with Crippen molar-refractivity contribution < 1.29 is 178 Å². The lowest BCUT2D eigenvalue weighted by molar-refractivity contribution is -0.394. The molecule has 40 heteroatoms. The van der Waals surface area contributed by atoms with Crippen molar-refractivity contribution in [2.45, 2.75) is 227 Å². The van der Waals surface area contributed by atoms with Crippen LogP contribution in [0.1, 0.15) is 6.42 Å². The molecule has 21 heterocycles. The van der Waals surface area contributed by atoms with Gasteiger partial charge in [0.15, 0.2) is 37.7 Å². The fourth-order valence-corrected chi connectivity index (χ4v) is 13.8. The number of nitrogens with two attached hydrogens (primary N) is 2. The van der Waals surface area contributed by atoms with Crippen LogP contribution >= 0.6 is 23.5 Å². The largest absolute Gasteiger partial charge is 0.480 e. The van der Waals surface area contributed by atoms with Gasteiger partial charge < -0.3 is 180 Å². The minimum absolute atomic E-state index is 0.278. The number of ether oxygens (including phenoxy) is 13. The van der Waals surface area contributed by atoms with E-state index in [1.54, 1.807) is 0 Å². The first kappa shape index (κ1) is 73.1. The van der Waals surface area contributed by atoms with Crippen LogP contribution in [0.3, 0.4) is 0 Å². The third-order valence-corrected chi connectivity index (χ3v) is 19.1. The first-order valence-corrected chi connectivity index (χ1v) is 30.7. The second-order valence-corrected chi connectivity index (χ2v) is 24.9. The van der Waals surface area contributed by atoms with E-state index in [1.165, 1.54) is 0 Å². The van der Waals surface area contributed by atoms with Crippen LogP contribution in [0, 0.1) is 5.92 Å². The molecule has 0 aromatic carbocycles. The van der Waals surface area contributed by atoms with Crippen molar-refractivity contribution in [2.24, 2.45) is 17.4 Å². The normalized spacial score (nSPS) is 50.1. The number of aliphatic hydroxyl groups is 19. The molecule has 0 aliphatic carbocycles. The number of carbonyl (C=O) groups is 2. The molecule has 0 aromatic rings. The number of aliphatic hydroxyl groups excluding tert-OH is 19. The number of carboxylic acids is 2. The Bertz CT molecular complexity index is 2200. The predicted octanol–water partition coefficient (Wildman–Crippen LogP) is -14.3. The molecule has 14 bridgehead atoms. The highest BCUT2D eigenvalue weighted by Crippen LogP contribution is 2.41. The monoisotopic (exact) mass is 1340 g/mol. The van der Waals surface area contributed by atoms with Gasteiger partial charge in [-0.05, 0) is 6.42 Å². The molecule has 25 N–H and O–H groups in total. The maximum absolute atomic E-state index is 11.8. The van der Waals surface area contributed by atoms with Crippen molar-refractivity contribution in [1.82, 2.24) is 0 Å². The van der Waals surface area contributed by atoms with Crippen LogP contribution in [0.4, 0.5) is 0 Å². The highest BCUT2D eigenvalue weighted by atomic mass is 32.2. The van der Waals surface area contributed by atoms with E-state index in [0.29, 0.717) is 0 Å². The molecule has 516 valence electrons. The summed E-state index contributed by atoms with van der Waals surface area (Å²) in [6.07, 6.45) is -67.9. The Morgan fingerprint density at radius 1 is 0.326 bits per heavy atom. The van der Waals surface area contributed by atoms with E-state index in [0.717, 1.165) is 23.5 Å². The molecule has 21 fully saturated rings. The Labute approximate surface area is 513 Å². The Kier molecular flexibility index (Phi) is 26.2. The standard InChI is InChI=1S/C49H82N2O36S2/c50-12(42(71)72)7-88-9-20-40-24(59)23(58)14(75-20)1-11-15(2-52)76-44(30(65)22(11)57)82-36-16(3-53)77-45(31(66)25(36)60)84-38-18(5-55)80-48(34(69)28(38)63)87-41-21(10-89-8-13(51)43(73)74)81-49(35(70)29(41)64)85-39-19(6-56)78-46(32(67)26(39)61)83-37-17(4-54)79-47(86-40)33(68)27(37)62/h11-41,44-49,52-70H,1-10,50-51H2,(H,71,72)(H,73,74)/t11-,12-,13-,14+,15?,16?,17?,18?,19?,20?,21?,22+,23?,24-,25-,26-,27-,28-,29-,30?,31?,32?,33?,34?,35?,36-,37-,38-,39-,40-,41-,44-,45-,46+,47+,48-,49-/m1/s1. The van der Waals surface area contributed by atoms with Gasteiger partial charge in [-0.15, -0.1) is 0 Å². The topological polar surface area (TPSA) is 631 Å². The minimum Gasteiger partial charge on any atom is -0.480 e. The van der Waals surface area contributed by atoms with E-state index in [-0.39, 0.29) is 23.0 Å². The lowest BCUT2D eigenvalue weighted by Gasteiger charge is -2.50.